The smallest absolute Gasteiger partial charge is 0.266 e. The number of nitrogens with zero attached hydrogens (tertiary/aromatic N) is 4. The molecule has 14 heteroatoms. The van der Waals surface area contributed by atoms with Gasteiger partial charge in [0.2, 0.25) is 5.13 Å². The summed E-state index contributed by atoms with van der Waals surface area (Å²) in [6.45, 7) is 3.26. The maximum atomic E-state index is 15.0. The summed E-state index contributed by atoms with van der Waals surface area (Å²) >= 11 is 6.99. The highest BCUT2D eigenvalue weighted by molar-refractivity contribution is 7.93. The Kier molecular flexibility index (Phi) is 7.20. The van der Waals surface area contributed by atoms with E-state index in [9.17, 15) is 17.2 Å². The zero-order valence-corrected chi connectivity index (χ0v) is 21.4. The summed E-state index contributed by atoms with van der Waals surface area (Å²) in [6, 6.07) is 9.59. The number of anilines is 2. The van der Waals surface area contributed by atoms with Crippen LogP contribution in [0.5, 0.6) is 11.5 Å². The normalized spacial score (nSPS) is 14.0. The van der Waals surface area contributed by atoms with E-state index >= 15 is 0 Å². The molecular weight excluding hydrogens is 546 g/mol. The van der Waals surface area contributed by atoms with Gasteiger partial charge in [0, 0.05) is 66.6 Å². The first kappa shape index (κ1) is 25.3. The lowest BCUT2D eigenvalue weighted by Crippen LogP contribution is -2.43. The van der Waals surface area contributed by atoms with Crippen LogP contribution in [0.4, 0.5) is 19.7 Å². The summed E-state index contributed by atoms with van der Waals surface area (Å²) in [5.41, 5.74) is 1.24. The predicted molar refractivity (Wildman–Crippen MR) is 137 cm³/mol. The van der Waals surface area contributed by atoms with Gasteiger partial charge in [0.15, 0.2) is 11.6 Å². The van der Waals surface area contributed by atoms with Gasteiger partial charge < -0.3 is 15.0 Å². The zero-order chi connectivity index (χ0) is 26.0. The number of ether oxygens (including phenoxy) is 1. The molecule has 5 rings (SSSR count). The maximum absolute atomic E-state index is 15.0. The number of sulfonamides is 1. The van der Waals surface area contributed by atoms with Gasteiger partial charge >= 0.3 is 0 Å². The van der Waals surface area contributed by atoms with Gasteiger partial charge in [-0.3, -0.25) is 4.72 Å². The van der Waals surface area contributed by atoms with Gasteiger partial charge in [0.1, 0.15) is 28.6 Å². The number of hydrogen-bond acceptors (Lipinski definition) is 9. The van der Waals surface area contributed by atoms with E-state index in [0.29, 0.717) is 28.3 Å². The molecule has 0 spiro atoms. The van der Waals surface area contributed by atoms with Gasteiger partial charge in [-0.1, -0.05) is 11.6 Å². The molecule has 2 N–H and O–H groups in total. The third-order valence-electron chi connectivity index (χ3n) is 5.52. The second-order valence-electron chi connectivity index (χ2n) is 7.95. The summed E-state index contributed by atoms with van der Waals surface area (Å²) in [7, 11) is -4.44. The molecule has 0 atom stereocenters. The molecule has 0 bridgehead atoms. The number of hydrogen-bond donors (Lipinski definition) is 2. The quantitative estimate of drug-likeness (QED) is 0.337. The van der Waals surface area contributed by atoms with Crippen molar-refractivity contribution < 1.29 is 21.9 Å². The lowest BCUT2D eigenvalue weighted by atomic mass is 10.1. The molecule has 0 unspecified atom stereocenters. The molecule has 1 aliphatic rings. The minimum absolute atomic E-state index is 0.0801. The van der Waals surface area contributed by atoms with E-state index in [1.54, 1.807) is 24.4 Å². The first-order valence-electron chi connectivity index (χ1n) is 11.0. The molecule has 1 fully saturated rings. The highest BCUT2D eigenvalue weighted by Crippen LogP contribution is 2.38. The van der Waals surface area contributed by atoms with E-state index < -0.39 is 32.3 Å². The Morgan fingerprint density at radius 1 is 1.03 bits per heavy atom. The van der Waals surface area contributed by atoms with Gasteiger partial charge in [-0.2, -0.15) is 4.37 Å². The fourth-order valence-electron chi connectivity index (χ4n) is 3.77. The van der Waals surface area contributed by atoms with Crippen LogP contribution in [0.3, 0.4) is 0 Å². The van der Waals surface area contributed by atoms with Gasteiger partial charge in [-0.25, -0.2) is 27.2 Å². The topological polar surface area (TPSA) is 109 Å². The number of nitrogens with one attached hydrogen (secondary N) is 2. The second-order valence-corrected chi connectivity index (χ2v) is 10.8. The van der Waals surface area contributed by atoms with Crippen molar-refractivity contribution >= 4 is 44.1 Å². The molecule has 4 aromatic rings. The molecule has 3 heterocycles. The highest BCUT2D eigenvalue weighted by Gasteiger charge is 2.24. The van der Waals surface area contributed by atoms with E-state index in [2.05, 4.69) is 29.3 Å². The Bertz CT molecular complexity index is 1530. The van der Waals surface area contributed by atoms with Gasteiger partial charge in [0.25, 0.3) is 10.0 Å². The molecule has 1 saturated heterocycles. The van der Waals surface area contributed by atoms with E-state index in [-0.39, 0.29) is 10.9 Å². The van der Waals surface area contributed by atoms with Crippen molar-refractivity contribution in [3.05, 3.63) is 71.6 Å². The lowest BCUT2D eigenvalue weighted by molar-refractivity contribution is 0.433. The lowest BCUT2D eigenvalue weighted by Gasteiger charge is -2.28. The number of halogens is 3. The van der Waals surface area contributed by atoms with E-state index in [1.165, 1.54) is 6.07 Å². The van der Waals surface area contributed by atoms with Crippen LogP contribution < -0.4 is 19.7 Å². The van der Waals surface area contributed by atoms with Crippen molar-refractivity contribution in [1.29, 1.82) is 0 Å². The van der Waals surface area contributed by atoms with Crippen molar-refractivity contribution in [3.63, 3.8) is 0 Å². The first-order chi connectivity index (χ1) is 17.8. The van der Waals surface area contributed by atoms with Crippen molar-refractivity contribution in [1.82, 2.24) is 19.7 Å². The van der Waals surface area contributed by atoms with Crippen LogP contribution in [-0.2, 0) is 10.0 Å². The van der Waals surface area contributed by atoms with Gasteiger partial charge in [-0.05, 0) is 35.9 Å². The van der Waals surface area contributed by atoms with Crippen LogP contribution in [-0.4, -0.2) is 48.9 Å². The summed E-state index contributed by atoms with van der Waals surface area (Å²) in [5.74, 6) is -1.81. The number of piperazine rings is 1. The summed E-state index contributed by atoms with van der Waals surface area (Å²) in [5, 5.41) is 3.62. The number of aromatic nitrogens is 3. The molecular formula is C23H19ClF2N6O3S2. The largest absolute Gasteiger partial charge is 0.454 e. The standard InChI is InChI=1S/C23H19ClF2N6O3S2/c24-15-1-2-19(16(10-15)14-3-4-28-22(9-14)32-7-5-27-6-8-32)35-20-11-18(26)21(12-17(20)25)37(33,34)31-23-29-13-30-36-23/h1-4,9-13,27H,5-8H2,(H,29,30,31). The van der Waals surface area contributed by atoms with E-state index in [1.807, 2.05) is 6.07 Å². The molecule has 0 saturated carbocycles. The van der Waals surface area contributed by atoms with Crippen LogP contribution in [0.2, 0.25) is 5.02 Å². The third kappa shape index (κ3) is 5.64. The highest BCUT2D eigenvalue weighted by atomic mass is 35.5. The van der Waals surface area contributed by atoms with Crippen molar-refractivity contribution in [2.24, 2.45) is 0 Å². The minimum Gasteiger partial charge on any atom is -0.454 e. The first-order valence-corrected chi connectivity index (χ1v) is 13.6. The zero-order valence-electron chi connectivity index (χ0n) is 19.0. The molecule has 9 nitrogen and oxygen atoms in total. The average Bonchev–Trinajstić information content (AvgIpc) is 3.40. The number of benzene rings is 2. The van der Waals surface area contributed by atoms with Crippen LogP contribution >= 0.6 is 23.1 Å². The van der Waals surface area contributed by atoms with E-state index in [4.69, 9.17) is 16.3 Å². The Labute approximate surface area is 220 Å². The third-order valence-corrected chi connectivity index (χ3v) is 7.82. The Balaban J connectivity index is 1.46. The van der Waals surface area contributed by atoms with E-state index in [0.717, 1.165) is 49.9 Å². The van der Waals surface area contributed by atoms with Crippen LogP contribution in [0.15, 0.2) is 59.9 Å². The molecule has 37 heavy (non-hydrogen) atoms. The molecule has 192 valence electrons. The maximum Gasteiger partial charge on any atom is 0.266 e. The van der Waals surface area contributed by atoms with Crippen LogP contribution in [0, 0.1) is 11.6 Å². The van der Waals surface area contributed by atoms with Crippen molar-refractivity contribution in [2.45, 2.75) is 4.90 Å². The minimum atomic E-state index is -4.44. The van der Waals surface area contributed by atoms with Crippen LogP contribution in [0.1, 0.15) is 0 Å². The monoisotopic (exact) mass is 564 g/mol. The Morgan fingerprint density at radius 3 is 2.59 bits per heavy atom. The Hall–Kier alpha value is -3.39. The van der Waals surface area contributed by atoms with Gasteiger partial charge in [-0.15, -0.1) is 0 Å². The summed E-state index contributed by atoms with van der Waals surface area (Å²) in [6.07, 6.45) is 2.79. The van der Waals surface area contributed by atoms with Gasteiger partial charge in [0.05, 0.1) is 0 Å². The molecule has 2 aromatic carbocycles. The molecule has 0 amide bonds. The fraction of sp³-hybridized carbons (Fsp3) is 0.174. The number of pyridine rings is 1. The Morgan fingerprint density at radius 2 is 1.84 bits per heavy atom. The van der Waals surface area contributed by atoms with Crippen molar-refractivity contribution in [2.75, 3.05) is 35.8 Å². The SMILES string of the molecule is O=S(=O)(Nc1ncns1)c1cc(F)c(Oc2ccc(Cl)cc2-c2ccnc(N3CCNCC3)c2)cc1F. The second kappa shape index (κ2) is 10.5. The molecule has 0 aliphatic carbocycles. The summed E-state index contributed by atoms with van der Waals surface area (Å²) in [4.78, 5) is 9.39. The number of rotatable bonds is 7. The average molecular weight is 565 g/mol. The molecule has 2 aromatic heterocycles. The van der Waals surface area contributed by atoms with Crippen molar-refractivity contribution in [3.8, 4) is 22.6 Å². The molecule has 0 radical (unpaired) electrons. The summed E-state index contributed by atoms with van der Waals surface area (Å²) < 4.78 is 66.4. The van der Waals surface area contributed by atoms with Crippen LogP contribution in [0.25, 0.3) is 11.1 Å². The molecule has 1 aliphatic heterocycles. The predicted octanol–water partition coefficient (Wildman–Crippen LogP) is 4.53. The fourth-order valence-corrected chi connectivity index (χ4v) is 5.68.